The van der Waals surface area contributed by atoms with Gasteiger partial charge in [-0.05, 0) is 77.6 Å². The van der Waals surface area contributed by atoms with E-state index in [1.54, 1.807) is 0 Å². The third-order valence-corrected chi connectivity index (χ3v) is 9.24. The predicted molar refractivity (Wildman–Crippen MR) is 208 cm³/mol. The van der Waals surface area contributed by atoms with Crippen LogP contribution in [-0.2, 0) is 37.5 Å². The zero-order chi connectivity index (χ0) is 39.1. The molecule has 0 saturated carbocycles. The molecule has 0 aromatic heterocycles. The first-order valence-corrected chi connectivity index (χ1v) is 21.6. The molecular weight excluding hydrogens is 683 g/mol. The second-order valence-electron chi connectivity index (χ2n) is 16.1. The molecular formula is C40H76N2O9P-. The fourth-order valence-corrected chi connectivity index (χ4v) is 5.87. The number of hydrogen-bond donors (Lipinski definition) is 2. The lowest BCUT2D eigenvalue weighted by Gasteiger charge is -2.26. The number of ether oxygens (including phenoxy) is 2. The molecule has 12 heteroatoms. The molecule has 0 radical (unpaired) electrons. The maximum Gasteiger partial charge on any atom is 0.306 e. The van der Waals surface area contributed by atoms with E-state index in [1.165, 1.54) is 44.9 Å². The summed E-state index contributed by atoms with van der Waals surface area (Å²) in [4.78, 5) is 49.4. The van der Waals surface area contributed by atoms with Crippen LogP contribution in [0.5, 0.6) is 0 Å². The van der Waals surface area contributed by atoms with E-state index in [2.05, 4.69) is 50.5 Å². The molecule has 0 bridgehead atoms. The highest BCUT2D eigenvalue weighted by molar-refractivity contribution is 7.45. The Balaban J connectivity index is 4.51. The molecule has 0 aromatic carbocycles. The molecule has 0 heterocycles. The van der Waals surface area contributed by atoms with Gasteiger partial charge in [0.25, 0.3) is 7.82 Å². The number of rotatable bonds is 33. The largest absolute Gasteiger partial charge is 0.756 e. The van der Waals surface area contributed by atoms with Crippen LogP contribution in [0.3, 0.4) is 0 Å². The monoisotopic (exact) mass is 760 g/mol. The van der Waals surface area contributed by atoms with Crippen molar-refractivity contribution in [3.05, 3.63) is 12.2 Å². The van der Waals surface area contributed by atoms with Crippen molar-refractivity contribution in [2.24, 2.45) is 5.41 Å². The van der Waals surface area contributed by atoms with E-state index in [4.69, 9.17) is 18.5 Å². The van der Waals surface area contributed by atoms with E-state index in [0.29, 0.717) is 38.8 Å². The Morgan fingerprint density at radius 1 is 0.692 bits per heavy atom. The quantitative estimate of drug-likeness (QED) is 0.0287. The first kappa shape index (κ1) is 50.2. The molecule has 2 atom stereocenters. The summed E-state index contributed by atoms with van der Waals surface area (Å²) in [5.41, 5.74) is -0.103. The Bertz CT molecular complexity index is 1010. The van der Waals surface area contributed by atoms with Crippen molar-refractivity contribution in [2.45, 2.75) is 189 Å². The molecule has 0 aromatic rings. The van der Waals surface area contributed by atoms with Gasteiger partial charge in [-0.15, -0.1) is 0 Å². The Kier molecular flexibility index (Phi) is 29.5. The molecule has 1 amide bonds. The fraction of sp³-hybridized carbons (Fsp3) is 0.875. The highest BCUT2D eigenvalue weighted by Gasteiger charge is 2.21. The van der Waals surface area contributed by atoms with Crippen molar-refractivity contribution in [3.63, 3.8) is 0 Å². The van der Waals surface area contributed by atoms with E-state index in [-0.39, 0.29) is 42.9 Å². The Hall–Kier alpha value is -1.78. The number of hydrogen-bond acceptors (Lipinski definition) is 10. The number of nitrogens with one attached hydrogen (secondary N) is 2. The smallest absolute Gasteiger partial charge is 0.306 e. The number of phosphoric acid groups is 1. The number of unbranched alkanes of at least 4 members (excludes halogenated alkanes) is 13. The molecule has 52 heavy (non-hydrogen) atoms. The molecule has 0 aliphatic heterocycles. The van der Waals surface area contributed by atoms with Gasteiger partial charge in [-0.3, -0.25) is 18.9 Å². The average molecular weight is 760 g/mol. The van der Waals surface area contributed by atoms with Crippen molar-refractivity contribution in [1.29, 1.82) is 0 Å². The Morgan fingerprint density at radius 3 is 1.85 bits per heavy atom. The van der Waals surface area contributed by atoms with Gasteiger partial charge in [-0.25, -0.2) is 0 Å². The van der Waals surface area contributed by atoms with Crippen LogP contribution in [0, 0.1) is 5.41 Å². The molecule has 2 N–H and O–H groups in total. The van der Waals surface area contributed by atoms with Crippen LogP contribution in [0.4, 0.5) is 0 Å². The lowest BCUT2D eigenvalue weighted by Crippen LogP contribution is -2.38. The Labute approximate surface area is 317 Å². The molecule has 0 spiro atoms. The summed E-state index contributed by atoms with van der Waals surface area (Å²) in [7, 11) is -4.68. The van der Waals surface area contributed by atoms with E-state index >= 15 is 0 Å². The highest BCUT2D eigenvalue weighted by Crippen LogP contribution is 2.38. The summed E-state index contributed by atoms with van der Waals surface area (Å²) in [5, 5.41) is 6.03. The second-order valence-corrected chi connectivity index (χ2v) is 17.5. The van der Waals surface area contributed by atoms with Gasteiger partial charge in [-0.2, -0.15) is 0 Å². The third kappa shape index (κ3) is 36.6. The summed E-state index contributed by atoms with van der Waals surface area (Å²) in [6.07, 6.45) is 22.1. The van der Waals surface area contributed by atoms with E-state index in [0.717, 1.165) is 44.9 Å². The minimum atomic E-state index is -4.68. The summed E-state index contributed by atoms with van der Waals surface area (Å²) in [6.45, 7) is 14.2. The summed E-state index contributed by atoms with van der Waals surface area (Å²) in [6, 6.07) is 0. The summed E-state index contributed by atoms with van der Waals surface area (Å²) < 4.78 is 33.1. The van der Waals surface area contributed by atoms with Gasteiger partial charge in [0.1, 0.15) is 6.61 Å². The summed E-state index contributed by atoms with van der Waals surface area (Å²) >= 11 is 0. The van der Waals surface area contributed by atoms with Gasteiger partial charge in [0.2, 0.25) is 5.91 Å². The third-order valence-electron chi connectivity index (χ3n) is 8.28. The maximum absolute atomic E-state index is 12.6. The van der Waals surface area contributed by atoms with Gasteiger partial charge in [-0.1, -0.05) is 97.6 Å². The molecule has 0 aliphatic rings. The zero-order valence-corrected chi connectivity index (χ0v) is 34.9. The first-order chi connectivity index (χ1) is 24.5. The minimum absolute atomic E-state index is 0.0223. The molecule has 306 valence electrons. The van der Waals surface area contributed by atoms with Crippen LogP contribution in [0.25, 0.3) is 0 Å². The fourth-order valence-electron chi connectivity index (χ4n) is 5.13. The van der Waals surface area contributed by atoms with E-state index in [1.807, 2.05) is 20.8 Å². The molecule has 0 fully saturated rings. The van der Waals surface area contributed by atoms with Crippen LogP contribution in [0.2, 0.25) is 0 Å². The Morgan fingerprint density at radius 2 is 1.25 bits per heavy atom. The van der Waals surface area contributed by atoms with E-state index in [9.17, 15) is 23.8 Å². The molecule has 0 saturated heterocycles. The average Bonchev–Trinajstić information content (AvgIpc) is 3.06. The normalized spacial score (nSPS) is 13.9. The highest BCUT2D eigenvalue weighted by atomic mass is 31.2. The van der Waals surface area contributed by atoms with Crippen molar-refractivity contribution < 1.29 is 42.4 Å². The number of carbonyl (C=O) groups excluding carboxylic acids is 3. The molecule has 2 unspecified atom stereocenters. The lowest BCUT2D eigenvalue weighted by atomic mass is 9.90. The molecule has 0 aliphatic carbocycles. The number of esters is 2. The van der Waals surface area contributed by atoms with Crippen LogP contribution in [-0.4, -0.2) is 62.4 Å². The lowest BCUT2D eigenvalue weighted by molar-refractivity contribution is -0.228. The van der Waals surface area contributed by atoms with Crippen molar-refractivity contribution >= 4 is 25.7 Å². The topological polar surface area (TPSA) is 152 Å². The zero-order valence-electron chi connectivity index (χ0n) is 34.0. The number of amides is 1. The van der Waals surface area contributed by atoms with Crippen molar-refractivity contribution in [2.75, 3.05) is 32.9 Å². The van der Waals surface area contributed by atoms with Gasteiger partial charge in [0.15, 0.2) is 6.10 Å². The van der Waals surface area contributed by atoms with Gasteiger partial charge in [0.05, 0.1) is 13.2 Å². The molecule has 11 nitrogen and oxygen atoms in total. The number of allylic oxidation sites excluding steroid dienone is 2. The van der Waals surface area contributed by atoms with Crippen molar-refractivity contribution in [3.8, 4) is 0 Å². The number of carbonyl (C=O) groups is 3. The van der Waals surface area contributed by atoms with Crippen molar-refractivity contribution in [1.82, 2.24) is 10.6 Å². The van der Waals surface area contributed by atoms with Gasteiger partial charge in [0, 0.05) is 37.9 Å². The first-order valence-electron chi connectivity index (χ1n) is 20.1. The summed E-state index contributed by atoms with van der Waals surface area (Å²) in [5.74, 6) is -0.959. The minimum Gasteiger partial charge on any atom is -0.756 e. The van der Waals surface area contributed by atoms with Gasteiger partial charge < -0.3 is 34.0 Å². The molecule has 0 rings (SSSR count). The van der Waals surface area contributed by atoms with Gasteiger partial charge >= 0.3 is 11.9 Å². The maximum atomic E-state index is 12.6. The van der Waals surface area contributed by atoms with E-state index < -0.39 is 32.5 Å². The predicted octanol–water partition coefficient (Wildman–Crippen LogP) is 8.87. The second kappa shape index (κ2) is 30.5. The van der Waals surface area contributed by atoms with Crippen LogP contribution in [0.15, 0.2) is 12.2 Å². The van der Waals surface area contributed by atoms with Crippen LogP contribution >= 0.6 is 7.82 Å². The SMILES string of the molecule is CCCCCCCC/C=C/CCCCCCCC(=O)OCC(COP(=O)([O-])OCCNC(C)(C)C)OC(=O)CCCCCNC(=O)CCC(C)(C)C. The standard InChI is InChI=1S/C40H77N2O9P/c1-8-9-10-11-12-13-14-15-16-17-18-19-20-21-23-26-37(44)48-33-35(34-50-52(46,47)49-32-31-42-40(5,6)7)51-38(45)27-24-22-25-30-41-36(43)28-29-39(2,3)4/h15-16,35,42H,8-14,17-34H2,1-7H3,(H,41,43)(H,46,47)/p-1/b16-15+. The van der Waals surface area contributed by atoms with Crippen LogP contribution < -0.4 is 15.5 Å². The van der Waals surface area contributed by atoms with Crippen LogP contribution in [0.1, 0.15) is 177 Å². The number of phosphoric ester groups is 1.